The third kappa shape index (κ3) is 5.67. The van der Waals surface area contributed by atoms with Crippen molar-refractivity contribution in [2.24, 2.45) is 5.73 Å². The molecule has 1 aromatic rings. The molecule has 1 aliphatic heterocycles. The highest BCUT2D eigenvalue weighted by Gasteiger charge is 2.20. The van der Waals surface area contributed by atoms with Gasteiger partial charge in [-0.25, -0.2) is 0 Å². The van der Waals surface area contributed by atoms with Crippen LogP contribution in [0.25, 0.3) is 0 Å². The summed E-state index contributed by atoms with van der Waals surface area (Å²) in [4.78, 5) is 14.0. The Morgan fingerprint density at radius 3 is 2.76 bits per heavy atom. The quantitative estimate of drug-likeness (QED) is 0.899. The first kappa shape index (κ1) is 18.6. The number of rotatable bonds is 4. The number of likely N-dealkylation sites (tertiary alicyclic amines) is 1. The number of aryl methyl sites for hydroxylation is 1. The highest BCUT2D eigenvalue weighted by molar-refractivity contribution is 6.42. The van der Waals surface area contributed by atoms with Crippen LogP contribution >= 0.6 is 35.6 Å². The maximum Gasteiger partial charge on any atom is 0.222 e. The number of nitrogens with two attached hydrogens (primary N) is 1. The predicted molar refractivity (Wildman–Crippen MR) is 90.4 cm³/mol. The first-order valence-corrected chi connectivity index (χ1v) is 7.79. The minimum absolute atomic E-state index is 0. The van der Waals surface area contributed by atoms with Crippen molar-refractivity contribution in [2.75, 3.05) is 13.1 Å². The van der Waals surface area contributed by atoms with Gasteiger partial charge in [0.15, 0.2) is 0 Å². The van der Waals surface area contributed by atoms with E-state index in [1.807, 2.05) is 17.0 Å². The van der Waals surface area contributed by atoms with Crippen LogP contribution in [0.4, 0.5) is 0 Å². The summed E-state index contributed by atoms with van der Waals surface area (Å²) in [7, 11) is 0. The van der Waals surface area contributed by atoms with Crippen LogP contribution in [0, 0.1) is 0 Å². The van der Waals surface area contributed by atoms with Gasteiger partial charge in [0.1, 0.15) is 0 Å². The molecule has 0 spiro atoms. The number of halogens is 3. The molecule has 1 aliphatic rings. The van der Waals surface area contributed by atoms with E-state index in [-0.39, 0.29) is 24.4 Å². The molecule has 0 aliphatic carbocycles. The van der Waals surface area contributed by atoms with Gasteiger partial charge in [-0.3, -0.25) is 4.79 Å². The molecule has 2 rings (SSSR count). The lowest BCUT2D eigenvalue weighted by Crippen LogP contribution is -2.45. The molecule has 0 aromatic heterocycles. The number of nitrogens with zero attached hydrogens (tertiary/aromatic N) is 1. The van der Waals surface area contributed by atoms with Gasteiger partial charge in [0, 0.05) is 25.6 Å². The Morgan fingerprint density at radius 2 is 2.10 bits per heavy atom. The zero-order chi connectivity index (χ0) is 14.5. The first-order valence-electron chi connectivity index (χ1n) is 7.03. The molecule has 0 bridgehead atoms. The number of amides is 1. The third-order valence-corrected chi connectivity index (χ3v) is 4.39. The summed E-state index contributed by atoms with van der Waals surface area (Å²) in [5.74, 6) is 0.209. The molecular formula is C15H21Cl3N2O. The second kappa shape index (κ2) is 8.84. The molecule has 1 atom stereocenters. The van der Waals surface area contributed by atoms with Crippen molar-refractivity contribution < 1.29 is 4.79 Å². The molecule has 1 amide bonds. The Hall–Kier alpha value is -0.480. The zero-order valence-electron chi connectivity index (χ0n) is 11.9. The highest BCUT2D eigenvalue weighted by Crippen LogP contribution is 2.23. The summed E-state index contributed by atoms with van der Waals surface area (Å²) >= 11 is 11.8. The van der Waals surface area contributed by atoms with Crippen LogP contribution in [0.2, 0.25) is 10.0 Å². The molecule has 1 heterocycles. The first-order chi connectivity index (χ1) is 9.56. The molecule has 21 heavy (non-hydrogen) atoms. The van der Waals surface area contributed by atoms with Gasteiger partial charge < -0.3 is 10.6 Å². The lowest BCUT2D eigenvalue weighted by molar-refractivity contribution is -0.132. The second-order valence-electron chi connectivity index (χ2n) is 5.34. The van der Waals surface area contributed by atoms with E-state index in [0.29, 0.717) is 23.0 Å². The molecule has 2 N–H and O–H groups in total. The van der Waals surface area contributed by atoms with E-state index in [1.54, 1.807) is 6.07 Å². The summed E-state index contributed by atoms with van der Waals surface area (Å²) in [5.41, 5.74) is 7.01. The summed E-state index contributed by atoms with van der Waals surface area (Å²) in [6, 6.07) is 5.76. The van der Waals surface area contributed by atoms with Crippen LogP contribution in [-0.2, 0) is 11.2 Å². The van der Waals surface area contributed by atoms with Gasteiger partial charge in [0.2, 0.25) is 5.91 Å². The van der Waals surface area contributed by atoms with Gasteiger partial charge in [-0.15, -0.1) is 12.4 Å². The van der Waals surface area contributed by atoms with Crippen molar-refractivity contribution in [3.63, 3.8) is 0 Å². The Bertz CT molecular complexity index is 482. The number of piperidine rings is 1. The van der Waals surface area contributed by atoms with Crippen LogP contribution in [0.15, 0.2) is 18.2 Å². The summed E-state index contributed by atoms with van der Waals surface area (Å²) < 4.78 is 0. The highest BCUT2D eigenvalue weighted by atomic mass is 35.5. The largest absolute Gasteiger partial charge is 0.341 e. The second-order valence-corrected chi connectivity index (χ2v) is 6.16. The summed E-state index contributed by atoms with van der Waals surface area (Å²) in [6.45, 7) is 1.55. The summed E-state index contributed by atoms with van der Waals surface area (Å²) in [5, 5.41) is 1.13. The Morgan fingerprint density at radius 1 is 1.33 bits per heavy atom. The van der Waals surface area contributed by atoms with Crippen molar-refractivity contribution >= 4 is 41.5 Å². The number of benzene rings is 1. The van der Waals surface area contributed by atoms with Gasteiger partial charge in [0.05, 0.1) is 10.0 Å². The normalized spacial score (nSPS) is 18.2. The van der Waals surface area contributed by atoms with Gasteiger partial charge in [-0.2, -0.15) is 0 Å². The average molecular weight is 352 g/mol. The van der Waals surface area contributed by atoms with Crippen molar-refractivity contribution in [3.05, 3.63) is 33.8 Å². The molecule has 1 saturated heterocycles. The van der Waals surface area contributed by atoms with E-state index in [0.717, 1.165) is 37.8 Å². The van der Waals surface area contributed by atoms with Crippen LogP contribution < -0.4 is 5.73 Å². The molecule has 3 nitrogen and oxygen atoms in total. The van der Waals surface area contributed by atoms with Crippen LogP contribution in [0.1, 0.15) is 31.2 Å². The molecule has 1 fully saturated rings. The smallest absolute Gasteiger partial charge is 0.222 e. The minimum atomic E-state index is 0. The third-order valence-electron chi connectivity index (χ3n) is 3.65. The van der Waals surface area contributed by atoms with Gasteiger partial charge in [-0.1, -0.05) is 29.3 Å². The molecule has 1 aromatic carbocycles. The number of carbonyl (C=O) groups is 1. The maximum atomic E-state index is 12.1. The standard InChI is InChI=1S/C15H20Cl2N2O.ClH/c16-13-7-6-11(9-14(13)17)3-1-5-15(20)19-8-2-4-12(18)10-19;/h6-7,9,12H,1-5,8,10,18H2;1H. The molecule has 118 valence electrons. The molecule has 1 unspecified atom stereocenters. The molecule has 0 radical (unpaired) electrons. The van der Waals surface area contributed by atoms with Crippen LogP contribution in [-0.4, -0.2) is 29.9 Å². The minimum Gasteiger partial charge on any atom is -0.341 e. The fourth-order valence-corrected chi connectivity index (χ4v) is 2.85. The lowest BCUT2D eigenvalue weighted by atomic mass is 10.0. The van der Waals surface area contributed by atoms with Gasteiger partial charge in [0.25, 0.3) is 0 Å². The number of hydrogen-bond donors (Lipinski definition) is 1. The topological polar surface area (TPSA) is 46.3 Å². The SMILES string of the molecule is Cl.NC1CCCN(C(=O)CCCc2ccc(Cl)c(Cl)c2)C1. The maximum absolute atomic E-state index is 12.1. The molecule has 6 heteroatoms. The average Bonchev–Trinajstić information content (AvgIpc) is 2.42. The van der Waals surface area contributed by atoms with E-state index in [4.69, 9.17) is 28.9 Å². The van der Waals surface area contributed by atoms with Crippen LogP contribution in [0.3, 0.4) is 0 Å². The monoisotopic (exact) mass is 350 g/mol. The number of carbonyl (C=O) groups excluding carboxylic acids is 1. The van der Waals surface area contributed by atoms with Crippen molar-refractivity contribution in [3.8, 4) is 0 Å². The zero-order valence-corrected chi connectivity index (χ0v) is 14.2. The fourth-order valence-electron chi connectivity index (χ4n) is 2.53. The van der Waals surface area contributed by atoms with E-state index in [9.17, 15) is 4.79 Å². The van der Waals surface area contributed by atoms with Gasteiger partial charge in [-0.05, 0) is 43.4 Å². The fraction of sp³-hybridized carbons (Fsp3) is 0.533. The molecular weight excluding hydrogens is 331 g/mol. The Labute approximate surface area is 142 Å². The van der Waals surface area contributed by atoms with Crippen molar-refractivity contribution in [1.82, 2.24) is 4.90 Å². The number of hydrogen-bond acceptors (Lipinski definition) is 2. The van der Waals surface area contributed by atoms with Crippen LogP contribution in [0.5, 0.6) is 0 Å². The lowest BCUT2D eigenvalue weighted by Gasteiger charge is -2.30. The summed E-state index contributed by atoms with van der Waals surface area (Å²) in [6.07, 6.45) is 4.25. The van der Waals surface area contributed by atoms with E-state index in [1.165, 1.54) is 0 Å². The van der Waals surface area contributed by atoms with E-state index in [2.05, 4.69) is 0 Å². The van der Waals surface area contributed by atoms with E-state index < -0.39 is 0 Å². The van der Waals surface area contributed by atoms with Gasteiger partial charge >= 0.3 is 0 Å². The molecule has 0 saturated carbocycles. The van der Waals surface area contributed by atoms with Crippen molar-refractivity contribution in [1.29, 1.82) is 0 Å². The Kier molecular flexibility index (Phi) is 7.82. The Balaban J connectivity index is 0.00000220. The predicted octanol–water partition coefficient (Wildman–Crippen LogP) is 3.69. The van der Waals surface area contributed by atoms with E-state index >= 15 is 0 Å². The van der Waals surface area contributed by atoms with Crippen molar-refractivity contribution in [2.45, 2.75) is 38.1 Å².